The van der Waals surface area contributed by atoms with Crippen molar-refractivity contribution in [3.8, 4) is 0 Å². The van der Waals surface area contributed by atoms with E-state index in [0.717, 1.165) is 19.7 Å². The van der Waals surface area contributed by atoms with E-state index in [1.54, 1.807) is 0 Å². The number of rotatable bonds is 9. The van der Waals surface area contributed by atoms with Gasteiger partial charge in [-0.2, -0.15) is 5.06 Å². The second kappa shape index (κ2) is 9.17. The summed E-state index contributed by atoms with van der Waals surface area (Å²) in [5.41, 5.74) is 0. The molecule has 15 heavy (non-hydrogen) atoms. The van der Waals surface area contributed by atoms with Crippen LogP contribution in [0.1, 0.15) is 64.7 Å². The van der Waals surface area contributed by atoms with Gasteiger partial charge in [-0.3, -0.25) is 4.84 Å². The van der Waals surface area contributed by atoms with Gasteiger partial charge in [-0.15, -0.1) is 0 Å². The van der Waals surface area contributed by atoms with E-state index in [2.05, 4.69) is 12.0 Å². The Labute approximate surface area is 94.9 Å². The smallest absolute Gasteiger partial charge is 0.0685 e. The normalized spacial score (nSPS) is 17.4. The lowest BCUT2D eigenvalue weighted by Crippen LogP contribution is -2.20. The molecule has 2 heteroatoms. The van der Waals surface area contributed by atoms with Crippen LogP contribution in [-0.2, 0) is 4.84 Å². The first-order valence-corrected chi connectivity index (χ1v) is 6.81. The quantitative estimate of drug-likeness (QED) is 0.541. The molecule has 2 nitrogen and oxygen atoms in total. The van der Waals surface area contributed by atoms with Crippen LogP contribution in [0.2, 0.25) is 0 Å². The molecule has 0 N–H and O–H groups in total. The lowest BCUT2D eigenvalue weighted by molar-refractivity contribution is -0.143. The second-order valence-electron chi connectivity index (χ2n) is 4.59. The summed E-state index contributed by atoms with van der Waals surface area (Å²) in [6.07, 6.45) is 12.2. The Balaban J connectivity index is 1.73. The molecule has 0 aliphatic carbocycles. The first-order chi connectivity index (χ1) is 7.43. The van der Waals surface area contributed by atoms with Crippen LogP contribution in [0.4, 0.5) is 0 Å². The summed E-state index contributed by atoms with van der Waals surface area (Å²) in [5, 5.41) is 2.14. The van der Waals surface area contributed by atoms with Gasteiger partial charge in [0, 0.05) is 13.1 Å². The van der Waals surface area contributed by atoms with Gasteiger partial charge in [0.2, 0.25) is 0 Å². The fourth-order valence-corrected chi connectivity index (χ4v) is 2.07. The predicted molar refractivity (Wildman–Crippen MR) is 64.8 cm³/mol. The van der Waals surface area contributed by atoms with Gasteiger partial charge >= 0.3 is 0 Å². The van der Waals surface area contributed by atoms with E-state index < -0.39 is 0 Å². The van der Waals surface area contributed by atoms with E-state index in [1.165, 1.54) is 57.8 Å². The molecular weight excluding hydrogens is 186 g/mol. The van der Waals surface area contributed by atoms with E-state index in [0.29, 0.717) is 0 Å². The maximum atomic E-state index is 5.66. The summed E-state index contributed by atoms with van der Waals surface area (Å²) in [6, 6.07) is 0. The fraction of sp³-hybridized carbons (Fsp3) is 1.00. The van der Waals surface area contributed by atoms with Crippen LogP contribution < -0.4 is 0 Å². The molecule has 0 unspecified atom stereocenters. The van der Waals surface area contributed by atoms with Crippen molar-refractivity contribution in [3.05, 3.63) is 0 Å². The highest BCUT2D eigenvalue weighted by Gasteiger charge is 2.10. The van der Waals surface area contributed by atoms with Crippen molar-refractivity contribution in [1.29, 1.82) is 0 Å². The maximum Gasteiger partial charge on any atom is 0.0685 e. The first-order valence-electron chi connectivity index (χ1n) is 6.81. The van der Waals surface area contributed by atoms with Gasteiger partial charge in [-0.25, -0.2) is 0 Å². The third-order valence-corrected chi connectivity index (χ3v) is 3.09. The minimum absolute atomic E-state index is 0.938. The highest BCUT2D eigenvalue weighted by molar-refractivity contribution is 4.57. The molecule has 0 radical (unpaired) electrons. The zero-order chi connectivity index (χ0) is 10.8. The van der Waals surface area contributed by atoms with Crippen molar-refractivity contribution in [3.63, 3.8) is 0 Å². The van der Waals surface area contributed by atoms with E-state index in [1.807, 2.05) is 0 Å². The molecule has 1 fully saturated rings. The summed E-state index contributed by atoms with van der Waals surface area (Å²) in [5.74, 6) is 0. The summed E-state index contributed by atoms with van der Waals surface area (Å²) >= 11 is 0. The van der Waals surface area contributed by atoms with Crippen LogP contribution in [-0.4, -0.2) is 24.8 Å². The minimum Gasteiger partial charge on any atom is -0.299 e. The zero-order valence-electron chi connectivity index (χ0n) is 10.3. The first kappa shape index (κ1) is 13.0. The number of hydrogen-bond acceptors (Lipinski definition) is 2. The molecule has 1 heterocycles. The molecule has 0 amide bonds. The molecule has 0 saturated carbocycles. The van der Waals surface area contributed by atoms with E-state index >= 15 is 0 Å². The fourth-order valence-electron chi connectivity index (χ4n) is 2.07. The van der Waals surface area contributed by atoms with Gasteiger partial charge in [0.25, 0.3) is 0 Å². The Hall–Kier alpha value is -0.0800. The maximum absolute atomic E-state index is 5.66. The molecule has 1 aliphatic rings. The molecule has 0 atom stereocenters. The number of hydrogen-bond donors (Lipinski definition) is 0. The minimum atomic E-state index is 0.938. The van der Waals surface area contributed by atoms with Crippen molar-refractivity contribution in [2.75, 3.05) is 19.7 Å². The van der Waals surface area contributed by atoms with Crippen molar-refractivity contribution in [2.24, 2.45) is 0 Å². The molecule has 0 aromatic heterocycles. The lowest BCUT2D eigenvalue weighted by Gasteiger charge is -2.14. The summed E-state index contributed by atoms with van der Waals surface area (Å²) in [7, 11) is 0. The highest BCUT2D eigenvalue weighted by atomic mass is 16.7. The largest absolute Gasteiger partial charge is 0.299 e. The van der Waals surface area contributed by atoms with Gasteiger partial charge in [0.1, 0.15) is 0 Å². The summed E-state index contributed by atoms with van der Waals surface area (Å²) < 4.78 is 0. The van der Waals surface area contributed by atoms with Crippen LogP contribution in [0.25, 0.3) is 0 Å². The SMILES string of the molecule is CCCCCCCCCON1CCCC1. The van der Waals surface area contributed by atoms with Crippen LogP contribution in [0.3, 0.4) is 0 Å². The zero-order valence-corrected chi connectivity index (χ0v) is 10.3. The van der Waals surface area contributed by atoms with Crippen molar-refractivity contribution in [2.45, 2.75) is 64.7 Å². The summed E-state index contributed by atoms with van der Waals surface area (Å²) in [6.45, 7) is 5.50. The van der Waals surface area contributed by atoms with Gasteiger partial charge in [-0.1, -0.05) is 45.4 Å². The molecular formula is C13H27NO. The Kier molecular flexibility index (Phi) is 7.94. The Bertz CT molecular complexity index is 132. The topological polar surface area (TPSA) is 12.5 Å². The Morgan fingerprint density at radius 1 is 0.867 bits per heavy atom. The van der Waals surface area contributed by atoms with Gasteiger partial charge in [0.15, 0.2) is 0 Å². The predicted octanol–water partition coefficient (Wildman–Crippen LogP) is 3.76. The van der Waals surface area contributed by atoms with Crippen molar-refractivity contribution < 1.29 is 4.84 Å². The standard InChI is InChI=1S/C13H27NO/c1-2-3-4-5-6-7-10-13-15-14-11-8-9-12-14/h2-13H2,1H3. The molecule has 1 saturated heterocycles. The monoisotopic (exact) mass is 213 g/mol. The lowest BCUT2D eigenvalue weighted by atomic mass is 10.1. The van der Waals surface area contributed by atoms with Gasteiger partial charge < -0.3 is 0 Å². The Morgan fingerprint density at radius 3 is 2.13 bits per heavy atom. The third kappa shape index (κ3) is 6.91. The van der Waals surface area contributed by atoms with E-state index in [9.17, 15) is 0 Å². The number of hydroxylamine groups is 2. The molecule has 0 aromatic carbocycles. The average Bonchev–Trinajstić information content (AvgIpc) is 2.75. The molecule has 0 aromatic rings. The highest BCUT2D eigenvalue weighted by Crippen LogP contribution is 2.10. The van der Waals surface area contributed by atoms with Crippen LogP contribution in [0.15, 0.2) is 0 Å². The average molecular weight is 213 g/mol. The molecule has 90 valence electrons. The molecule has 1 aliphatic heterocycles. The number of unbranched alkanes of at least 4 members (excludes halogenated alkanes) is 6. The van der Waals surface area contributed by atoms with Crippen LogP contribution in [0.5, 0.6) is 0 Å². The number of nitrogens with zero attached hydrogens (tertiary/aromatic N) is 1. The van der Waals surface area contributed by atoms with E-state index in [-0.39, 0.29) is 0 Å². The van der Waals surface area contributed by atoms with Crippen LogP contribution >= 0.6 is 0 Å². The molecule has 0 spiro atoms. The van der Waals surface area contributed by atoms with Crippen molar-refractivity contribution >= 4 is 0 Å². The van der Waals surface area contributed by atoms with Gasteiger partial charge in [0.05, 0.1) is 6.61 Å². The molecule has 1 rings (SSSR count). The third-order valence-electron chi connectivity index (χ3n) is 3.09. The van der Waals surface area contributed by atoms with Crippen molar-refractivity contribution in [1.82, 2.24) is 5.06 Å². The Morgan fingerprint density at radius 2 is 1.47 bits per heavy atom. The van der Waals surface area contributed by atoms with Gasteiger partial charge in [-0.05, 0) is 19.3 Å². The summed E-state index contributed by atoms with van der Waals surface area (Å²) in [4.78, 5) is 5.66. The van der Waals surface area contributed by atoms with Crippen LogP contribution in [0, 0.1) is 0 Å². The molecule has 0 bridgehead atoms. The second-order valence-corrected chi connectivity index (χ2v) is 4.59. The van der Waals surface area contributed by atoms with E-state index in [4.69, 9.17) is 4.84 Å².